The van der Waals surface area contributed by atoms with Crippen molar-refractivity contribution in [2.75, 3.05) is 18.2 Å². The number of thioether (sulfide) groups is 1. The number of hydrogen-bond donors (Lipinski definition) is 5. The van der Waals surface area contributed by atoms with Crippen molar-refractivity contribution in [3.63, 3.8) is 0 Å². The van der Waals surface area contributed by atoms with E-state index in [0.717, 1.165) is 0 Å². The number of halogens is 1. The molecule has 0 radical (unpaired) electrons. The Balaban J connectivity index is 2.31. The van der Waals surface area contributed by atoms with Crippen LogP contribution in [0.25, 0.3) is 0 Å². The van der Waals surface area contributed by atoms with Gasteiger partial charge in [-0.3, -0.25) is 9.36 Å². The van der Waals surface area contributed by atoms with Crippen molar-refractivity contribution in [3.8, 4) is 0 Å². The Morgan fingerprint density at radius 3 is 2.57 bits per heavy atom. The summed E-state index contributed by atoms with van der Waals surface area (Å²) < 4.78 is 7.04. The van der Waals surface area contributed by atoms with Crippen molar-refractivity contribution < 1.29 is 25.2 Å². The molecule has 1 aromatic rings. The molecule has 0 unspecified atom stereocenters. The van der Waals surface area contributed by atoms with Crippen LogP contribution in [0.15, 0.2) is 9.95 Å². The SMILES string of the molecule is CSc1nc(N[C@H]2O[C@@H](CO)[C@@H](O)[C@@H](O)[C@H]2O)c(I)c(=O)n1C. The summed E-state index contributed by atoms with van der Waals surface area (Å²) in [6.07, 6.45) is -4.78. The number of aliphatic hydroxyl groups excluding tert-OH is 4. The average molecular weight is 459 g/mol. The Hall–Kier alpha value is -0.440. The number of aliphatic hydroxyl groups is 4. The predicted molar refractivity (Wildman–Crippen MR) is 91.4 cm³/mol. The van der Waals surface area contributed by atoms with Crippen LogP contribution >= 0.6 is 34.4 Å². The molecule has 1 fully saturated rings. The Kier molecular flexibility index (Phi) is 6.27. The fourth-order valence-electron chi connectivity index (χ4n) is 2.19. The number of anilines is 1. The summed E-state index contributed by atoms with van der Waals surface area (Å²) in [5, 5.41) is 42.0. The summed E-state index contributed by atoms with van der Waals surface area (Å²) >= 11 is 3.10. The van der Waals surface area contributed by atoms with Gasteiger partial charge in [-0.05, 0) is 28.8 Å². The van der Waals surface area contributed by atoms with Gasteiger partial charge in [0.2, 0.25) is 0 Å². The molecule has 0 spiro atoms. The van der Waals surface area contributed by atoms with Crippen LogP contribution in [-0.2, 0) is 11.8 Å². The molecule has 1 aromatic heterocycles. The fourth-order valence-corrected chi connectivity index (χ4v) is 3.37. The van der Waals surface area contributed by atoms with Gasteiger partial charge in [0.1, 0.15) is 33.8 Å². The van der Waals surface area contributed by atoms with Gasteiger partial charge in [-0.25, -0.2) is 4.98 Å². The molecule has 0 saturated carbocycles. The van der Waals surface area contributed by atoms with Crippen LogP contribution in [0.5, 0.6) is 0 Å². The lowest BCUT2D eigenvalue weighted by Gasteiger charge is -2.40. The second-order valence-electron chi connectivity index (χ2n) is 5.02. The van der Waals surface area contributed by atoms with Crippen LogP contribution in [-0.4, -0.2) is 73.5 Å². The third-order valence-electron chi connectivity index (χ3n) is 3.55. The van der Waals surface area contributed by atoms with Gasteiger partial charge in [0.15, 0.2) is 11.4 Å². The van der Waals surface area contributed by atoms with Crippen molar-refractivity contribution >= 4 is 40.2 Å². The predicted octanol–water partition coefficient (Wildman–Crippen LogP) is -1.68. The van der Waals surface area contributed by atoms with Crippen LogP contribution in [0.4, 0.5) is 5.82 Å². The molecule has 23 heavy (non-hydrogen) atoms. The van der Waals surface area contributed by atoms with Crippen LogP contribution in [0.1, 0.15) is 0 Å². The minimum absolute atomic E-state index is 0.197. The van der Waals surface area contributed by atoms with E-state index in [1.807, 2.05) is 22.6 Å². The smallest absolute Gasteiger partial charge is 0.269 e. The summed E-state index contributed by atoms with van der Waals surface area (Å²) in [5.74, 6) is 0.197. The number of rotatable bonds is 4. The maximum absolute atomic E-state index is 12.2. The molecule has 11 heteroatoms. The lowest BCUT2D eigenvalue weighted by atomic mass is 9.98. The van der Waals surface area contributed by atoms with Gasteiger partial charge < -0.3 is 30.5 Å². The Bertz CT molecular complexity index is 628. The van der Waals surface area contributed by atoms with Crippen LogP contribution in [0, 0.1) is 3.57 Å². The van der Waals surface area contributed by atoms with E-state index in [1.165, 1.54) is 16.3 Å². The lowest BCUT2D eigenvalue weighted by Crippen LogP contribution is -2.60. The van der Waals surface area contributed by atoms with Crippen molar-refractivity contribution in [2.24, 2.45) is 7.05 Å². The molecule has 130 valence electrons. The van der Waals surface area contributed by atoms with Crippen molar-refractivity contribution in [1.82, 2.24) is 9.55 Å². The highest BCUT2D eigenvalue weighted by atomic mass is 127. The first-order valence-corrected chi connectivity index (χ1v) is 8.99. The van der Waals surface area contributed by atoms with Crippen molar-refractivity contribution in [2.45, 2.75) is 35.8 Å². The number of nitrogens with one attached hydrogen (secondary N) is 1. The van der Waals surface area contributed by atoms with Gasteiger partial charge in [-0.2, -0.15) is 0 Å². The number of nitrogens with zero attached hydrogens (tertiary/aromatic N) is 2. The first-order chi connectivity index (χ1) is 10.8. The third kappa shape index (κ3) is 3.65. The Morgan fingerprint density at radius 1 is 1.35 bits per heavy atom. The second kappa shape index (κ2) is 7.63. The van der Waals surface area contributed by atoms with Crippen molar-refractivity contribution in [3.05, 3.63) is 13.9 Å². The monoisotopic (exact) mass is 459 g/mol. The topological polar surface area (TPSA) is 137 Å². The first kappa shape index (κ1) is 18.9. The largest absolute Gasteiger partial charge is 0.394 e. The van der Waals surface area contributed by atoms with Crippen LogP contribution in [0.2, 0.25) is 0 Å². The van der Waals surface area contributed by atoms with E-state index in [4.69, 9.17) is 4.74 Å². The lowest BCUT2D eigenvalue weighted by molar-refractivity contribution is -0.221. The van der Waals surface area contributed by atoms with E-state index in [2.05, 4.69) is 10.3 Å². The molecule has 1 aliphatic heterocycles. The summed E-state index contributed by atoms with van der Waals surface area (Å²) in [6, 6.07) is 0. The highest BCUT2D eigenvalue weighted by molar-refractivity contribution is 14.1. The molecular weight excluding hydrogens is 441 g/mol. The first-order valence-electron chi connectivity index (χ1n) is 6.69. The highest BCUT2D eigenvalue weighted by Crippen LogP contribution is 2.24. The zero-order valence-corrected chi connectivity index (χ0v) is 15.4. The van der Waals surface area contributed by atoms with Crippen molar-refractivity contribution in [1.29, 1.82) is 0 Å². The molecule has 5 atom stereocenters. The van der Waals surface area contributed by atoms with E-state index < -0.39 is 37.3 Å². The molecule has 0 aliphatic carbocycles. The molecule has 0 amide bonds. The van der Waals surface area contributed by atoms with Gasteiger partial charge in [-0.15, -0.1) is 0 Å². The minimum Gasteiger partial charge on any atom is -0.394 e. The third-order valence-corrected chi connectivity index (χ3v) is 5.25. The summed E-state index contributed by atoms with van der Waals surface area (Å²) in [4.78, 5) is 16.4. The molecule has 5 N–H and O–H groups in total. The van der Waals surface area contributed by atoms with Gasteiger partial charge in [0, 0.05) is 7.05 Å². The number of ether oxygens (including phenoxy) is 1. The summed E-state index contributed by atoms with van der Waals surface area (Å²) in [5.41, 5.74) is -0.267. The average Bonchev–Trinajstić information content (AvgIpc) is 2.55. The van der Waals surface area contributed by atoms with Crippen LogP contribution < -0.4 is 10.9 Å². The molecule has 2 heterocycles. The molecule has 1 aliphatic rings. The Morgan fingerprint density at radius 2 is 2.00 bits per heavy atom. The van der Waals surface area contributed by atoms with E-state index >= 15 is 0 Å². The van der Waals surface area contributed by atoms with Gasteiger partial charge in [0.05, 0.1) is 6.61 Å². The molecule has 9 nitrogen and oxygen atoms in total. The second-order valence-corrected chi connectivity index (χ2v) is 6.87. The molecule has 0 bridgehead atoms. The molecular formula is C12H18IN3O6S. The van der Waals surface area contributed by atoms with Gasteiger partial charge in [0.25, 0.3) is 5.56 Å². The van der Waals surface area contributed by atoms with E-state index in [-0.39, 0.29) is 11.4 Å². The molecule has 1 saturated heterocycles. The van der Waals surface area contributed by atoms with E-state index in [9.17, 15) is 25.2 Å². The van der Waals surface area contributed by atoms with Gasteiger partial charge >= 0.3 is 0 Å². The maximum atomic E-state index is 12.2. The molecule has 0 aromatic carbocycles. The fraction of sp³-hybridized carbons (Fsp3) is 0.667. The maximum Gasteiger partial charge on any atom is 0.269 e. The Labute approximate surface area is 149 Å². The molecule has 2 rings (SSSR count). The standard InChI is InChI=1S/C12H18IN3O6S/c1-16-11(21)5(13)9(15-12(16)23-2)14-10-8(20)7(19)6(18)4(3-17)22-10/h4,6-8,10,14,17-20H,3H2,1-2H3/t4-,6+,7+,8+,10-/m0/s1. The van der Waals surface area contributed by atoms with Gasteiger partial charge in [-0.1, -0.05) is 11.8 Å². The van der Waals surface area contributed by atoms with E-state index in [0.29, 0.717) is 8.73 Å². The van der Waals surface area contributed by atoms with E-state index in [1.54, 1.807) is 13.3 Å². The normalized spacial score (nSPS) is 31.2. The summed E-state index contributed by atoms with van der Waals surface area (Å²) in [6.45, 7) is -0.528. The number of aromatic nitrogens is 2. The number of hydrogen-bond acceptors (Lipinski definition) is 9. The minimum atomic E-state index is -1.50. The highest BCUT2D eigenvalue weighted by Gasteiger charge is 2.43. The zero-order valence-electron chi connectivity index (χ0n) is 12.4. The summed E-state index contributed by atoms with van der Waals surface area (Å²) in [7, 11) is 1.60. The zero-order chi connectivity index (χ0) is 17.3. The van der Waals surface area contributed by atoms with Crippen LogP contribution in [0.3, 0.4) is 0 Å². The quantitative estimate of drug-likeness (QED) is 0.203.